The molecule has 2 heterocycles. The van der Waals surface area contributed by atoms with Crippen LogP contribution in [0.3, 0.4) is 0 Å². The smallest absolute Gasteiger partial charge is 0.274 e. The summed E-state index contributed by atoms with van der Waals surface area (Å²) in [5.74, 6) is -0.667. The number of nitrogens with one attached hydrogen (secondary N) is 1. The standard InChI is InChI=1S/C26H35N5O3S/c1-15(24(34)31(5)13-7-11-27)17-9-10-26(3)14-19-21(16(2)20(26)22(17)32)28-25(35-19)29-23(33)18-8-6-12-30(18)4/h6,8,12,15-17,20,22,32H,7,9-10,13-14H2,1-5H3,(H,28,29,33)/t15-,16-,17-,20+,22-,26-/m0/s1. The van der Waals surface area contributed by atoms with Gasteiger partial charge in [-0.15, -0.1) is 11.3 Å². The minimum Gasteiger partial charge on any atom is -0.392 e. The molecule has 188 valence electrons. The van der Waals surface area contributed by atoms with Crippen LogP contribution in [0.25, 0.3) is 0 Å². The zero-order chi connectivity index (χ0) is 25.5. The molecule has 2 N–H and O–H groups in total. The molecule has 1 fully saturated rings. The van der Waals surface area contributed by atoms with Crippen molar-refractivity contribution in [1.82, 2.24) is 14.5 Å². The molecule has 0 aliphatic heterocycles. The van der Waals surface area contributed by atoms with Gasteiger partial charge in [0, 0.05) is 43.5 Å². The van der Waals surface area contributed by atoms with Crippen LogP contribution >= 0.6 is 11.3 Å². The van der Waals surface area contributed by atoms with Gasteiger partial charge in [0.05, 0.1) is 24.3 Å². The number of aliphatic hydroxyl groups is 1. The summed E-state index contributed by atoms with van der Waals surface area (Å²) in [6.45, 7) is 6.66. The third kappa shape index (κ3) is 4.62. The number of fused-ring (bicyclic) bond motifs is 2. The number of aromatic nitrogens is 2. The molecule has 8 nitrogen and oxygen atoms in total. The fraction of sp³-hybridized carbons (Fsp3) is 0.615. The van der Waals surface area contributed by atoms with Crippen LogP contribution in [0.1, 0.15) is 67.0 Å². The highest BCUT2D eigenvalue weighted by Gasteiger charge is 2.54. The van der Waals surface area contributed by atoms with Gasteiger partial charge in [0.2, 0.25) is 5.91 Å². The molecule has 35 heavy (non-hydrogen) atoms. The molecule has 6 atom stereocenters. The summed E-state index contributed by atoms with van der Waals surface area (Å²) in [4.78, 5) is 33.3. The van der Waals surface area contributed by atoms with Crippen molar-refractivity contribution in [3.8, 4) is 6.07 Å². The van der Waals surface area contributed by atoms with Gasteiger partial charge in [-0.2, -0.15) is 5.26 Å². The summed E-state index contributed by atoms with van der Waals surface area (Å²) in [5.41, 5.74) is 1.43. The maximum Gasteiger partial charge on any atom is 0.274 e. The Labute approximate surface area is 211 Å². The van der Waals surface area contributed by atoms with Crippen LogP contribution in [0, 0.1) is 34.5 Å². The largest absolute Gasteiger partial charge is 0.392 e. The van der Waals surface area contributed by atoms with Crippen molar-refractivity contribution in [3.05, 3.63) is 34.6 Å². The lowest BCUT2D eigenvalue weighted by molar-refractivity contribution is -0.143. The maximum absolute atomic E-state index is 13.0. The van der Waals surface area contributed by atoms with Gasteiger partial charge in [0.1, 0.15) is 5.69 Å². The fourth-order valence-electron chi connectivity index (χ4n) is 6.32. The molecule has 2 aliphatic rings. The lowest BCUT2D eigenvalue weighted by Crippen LogP contribution is -2.53. The number of aryl methyl sites for hydroxylation is 1. The summed E-state index contributed by atoms with van der Waals surface area (Å²) in [6, 6.07) is 5.69. The van der Waals surface area contributed by atoms with Crippen LogP contribution in [-0.4, -0.2) is 51.1 Å². The molecule has 2 aliphatic carbocycles. The van der Waals surface area contributed by atoms with Gasteiger partial charge < -0.3 is 14.6 Å². The zero-order valence-corrected chi connectivity index (χ0v) is 21.9. The number of amides is 2. The van der Waals surface area contributed by atoms with E-state index in [1.807, 2.05) is 26.2 Å². The van der Waals surface area contributed by atoms with Crippen LogP contribution in [0.15, 0.2) is 18.3 Å². The van der Waals surface area contributed by atoms with Gasteiger partial charge >= 0.3 is 0 Å². The average molecular weight is 498 g/mol. The lowest BCUT2D eigenvalue weighted by Gasteiger charge is -2.53. The molecule has 2 aromatic heterocycles. The SMILES string of the molecule is C[C@H](C(=O)N(C)CCC#N)[C@@H]1CC[C@@]2(C)Cc3sc(NC(=O)c4cccn4C)nc3[C@@H](C)[C@@H]2[C@H]1O. The van der Waals surface area contributed by atoms with Crippen LogP contribution in [0.5, 0.6) is 0 Å². The van der Waals surface area contributed by atoms with Gasteiger partial charge in [-0.25, -0.2) is 4.98 Å². The predicted octanol–water partition coefficient (Wildman–Crippen LogP) is 3.80. The number of nitriles is 1. The highest BCUT2D eigenvalue weighted by Crippen LogP contribution is 2.57. The van der Waals surface area contributed by atoms with Gasteiger partial charge in [0.25, 0.3) is 5.91 Å². The summed E-state index contributed by atoms with van der Waals surface area (Å²) >= 11 is 1.53. The molecule has 2 amide bonds. The fourth-order valence-corrected chi connectivity index (χ4v) is 7.58. The average Bonchev–Trinajstić information content (AvgIpc) is 3.41. The number of hydrogen-bond acceptors (Lipinski definition) is 6. The molecule has 2 aromatic rings. The molecule has 0 saturated heterocycles. The second-order valence-corrected chi connectivity index (χ2v) is 11.7. The van der Waals surface area contributed by atoms with E-state index in [9.17, 15) is 14.7 Å². The first kappa shape index (κ1) is 25.4. The minimum absolute atomic E-state index is 0.0112. The van der Waals surface area contributed by atoms with Crippen LogP contribution in [0.2, 0.25) is 0 Å². The molecule has 0 aromatic carbocycles. The highest BCUT2D eigenvalue weighted by molar-refractivity contribution is 7.15. The highest BCUT2D eigenvalue weighted by atomic mass is 32.1. The Morgan fingerprint density at radius 2 is 2.23 bits per heavy atom. The number of rotatable bonds is 6. The van der Waals surface area contributed by atoms with E-state index in [0.29, 0.717) is 23.8 Å². The second kappa shape index (κ2) is 9.75. The van der Waals surface area contributed by atoms with E-state index in [2.05, 4.69) is 25.2 Å². The number of anilines is 1. The normalized spacial score (nSPS) is 28.4. The van der Waals surface area contributed by atoms with Crippen molar-refractivity contribution in [2.24, 2.45) is 30.2 Å². The first-order chi connectivity index (χ1) is 16.6. The van der Waals surface area contributed by atoms with E-state index in [4.69, 9.17) is 10.2 Å². The lowest BCUT2D eigenvalue weighted by atomic mass is 9.53. The van der Waals surface area contributed by atoms with Crippen LogP contribution in [0.4, 0.5) is 5.13 Å². The van der Waals surface area contributed by atoms with Crippen molar-refractivity contribution in [2.45, 2.75) is 58.5 Å². The number of carbonyl (C=O) groups is 2. The number of thiazole rings is 1. The third-order valence-corrected chi connectivity index (χ3v) is 9.27. The minimum atomic E-state index is -0.622. The number of carbonyl (C=O) groups excluding carboxylic acids is 2. The Balaban J connectivity index is 1.53. The number of nitrogens with zero attached hydrogens (tertiary/aromatic N) is 4. The quantitative estimate of drug-likeness (QED) is 0.631. The van der Waals surface area contributed by atoms with Crippen LogP contribution in [-0.2, 0) is 18.3 Å². The van der Waals surface area contributed by atoms with Crippen LogP contribution < -0.4 is 5.32 Å². The second-order valence-electron chi connectivity index (χ2n) is 10.6. The number of aliphatic hydroxyl groups excluding tert-OH is 1. The third-order valence-electron chi connectivity index (χ3n) is 8.29. The van der Waals surface area contributed by atoms with Crippen molar-refractivity contribution >= 4 is 28.3 Å². The van der Waals surface area contributed by atoms with Gasteiger partial charge in [-0.1, -0.05) is 20.8 Å². The molecule has 0 spiro atoms. The van der Waals surface area contributed by atoms with E-state index >= 15 is 0 Å². The molecule has 9 heteroatoms. The van der Waals surface area contributed by atoms with Gasteiger partial charge in [-0.3, -0.25) is 14.9 Å². The van der Waals surface area contributed by atoms with E-state index in [1.54, 1.807) is 22.6 Å². The van der Waals surface area contributed by atoms with Gasteiger partial charge in [-0.05, 0) is 48.6 Å². The Bertz CT molecular complexity index is 1150. The molecule has 0 unspecified atom stereocenters. The molecule has 0 radical (unpaired) electrons. The van der Waals surface area contributed by atoms with E-state index in [-0.39, 0.29) is 40.9 Å². The summed E-state index contributed by atoms with van der Waals surface area (Å²) in [5, 5.41) is 24.0. The van der Waals surface area contributed by atoms with Crippen molar-refractivity contribution in [3.63, 3.8) is 0 Å². The Kier molecular flexibility index (Phi) is 7.07. The molecule has 0 bridgehead atoms. The number of hydrogen-bond donors (Lipinski definition) is 2. The van der Waals surface area contributed by atoms with Gasteiger partial charge in [0.15, 0.2) is 5.13 Å². The zero-order valence-electron chi connectivity index (χ0n) is 21.1. The van der Waals surface area contributed by atoms with E-state index < -0.39 is 6.10 Å². The van der Waals surface area contributed by atoms with E-state index in [0.717, 1.165) is 25.0 Å². The molecule has 4 rings (SSSR count). The van der Waals surface area contributed by atoms with Crippen molar-refractivity contribution in [2.75, 3.05) is 18.9 Å². The maximum atomic E-state index is 13.0. The summed E-state index contributed by atoms with van der Waals surface area (Å²) < 4.78 is 1.78. The Morgan fingerprint density at radius 1 is 1.49 bits per heavy atom. The first-order valence-corrected chi connectivity index (χ1v) is 13.1. The molecule has 1 saturated carbocycles. The molecular formula is C26H35N5O3S. The summed E-state index contributed by atoms with van der Waals surface area (Å²) in [7, 11) is 3.56. The Hall–Kier alpha value is -2.70. The Morgan fingerprint density at radius 3 is 2.89 bits per heavy atom. The monoisotopic (exact) mass is 497 g/mol. The van der Waals surface area contributed by atoms with Crippen molar-refractivity contribution in [1.29, 1.82) is 5.26 Å². The van der Waals surface area contributed by atoms with Crippen molar-refractivity contribution < 1.29 is 14.7 Å². The predicted molar refractivity (Wildman–Crippen MR) is 135 cm³/mol. The first-order valence-electron chi connectivity index (χ1n) is 12.3. The topological polar surface area (TPSA) is 111 Å². The molecular weight excluding hydrogens is 462 g/mol. The van der Waals surface area contributed by atoms with E-state index in [1.165, 1.54) is 16.2 Å². The summed E-state index contributed by atoms with van der Waals surface area (Å²) in [6.07, 6.45) is 4.03.